The third-order valence-electron chi connectivity index (χ3n) is 7.61. The molecule has 1 unspecified atom stereocenters. The van der Waals surface area contributed by atoms with E-state index in [0.29, 0.717) is 23.7 Å². The average molecular weight is 693 g/mol. The molecule has 0 aliphatic rings. The summed E-state index contributed by atoms with van der Waals surface area (Å²) in [6.45, 7) is 11.0. The van der Waals surface area contributed by atoms with E-state index in [1.807, 2.05) is 57.2 Å². The minimum absolute atomic E-state index is 0.129. The van der Waals surface area contributed by atoms with Crippen LogP contribution >= 0.6 is 22.6 Å². The lowest BCUT2D eigenvalue weighted by molar-refractivity contribution is 0.0950. The van der Waals surface area contributed by atoms with E-state index in [4.69, 9.17) is 0 Å². The number of aromatic nitrogens is 1. The third kappa shape index (κ3) is 8.86. The van der Waals surface area contributed by atoms with Crippen molar-refractivity contribution in [2.75, 3.05) is 22.4 Å². The minimum Gasteiger partial charge on any atom is -0.369 e. The maximum Gasteiger partial charge on any atom is 0.253 e. The first-order valence-electron chi connectivity index (χ1n) is 14.6. The normalized spacial score (nSPS) is 12.0. The highest BCUT2D eigenvalue weighted by Crippen LogP contribution is 2.34. The van der Waals surface area contributed by atoms with Gasteiger partial charge in [-0.2, -0.15) is 0 Å². The number of nitrogens with zero attached hydrogens (tertiary/aromatic N) is 1. The van der Waals surface area contributed by atoms with Gasteiger partial charge in [0.05, 0.1) is 6.54 Å². The van der Waals surface area contributed by atoms with Crippen molar-refractivity contribution in [2.45, 2.75) is 79.4 Å². The molecule has 0 aliphatic heterocycles. The van der Waals surface area contributed by atoms with Gasteiger partial charge < -0.3 is 20.5 Å². The average Bonchev–Trinajstić information content (AvgIpc) is 2.94. The molecule has 42 heavy (non-hydrogen) atoms. The second-order valence-corrected chi connectivity index (χ2v) is 11.8. The number of anilines is 1. The molecule has 0 saturated heterocycles. The number of amides is 1. The predicted molar refractivity (Wildman–Crippen MR) is 177 cm³/mol. The number of pyridine rings is 1. The summed E-state index contributed by atoms with van der Waals surface area (Å²) >= 11 is 2.43. The maximum atomic E-state index is 13.7. The van der Waals surface area contributed by atoms with Crippen LogP contribution in [0.5, 0.6) is 0 Å². The molecule has 6 nitrogen and oxygen atoms in total. The lowest BCUT2D eigenvalue weighted by Crippen LogP contribution is -2.36. The number of hydrogen-bond acceptors (Lipinski definition) is 4. The maximum absolute atomic E-state index is 13.7. The van der Waals surface area contributed by atoms with Crippen LogP contribution in [0.2, 0.25) is 0 Å². The second-order valence-electron chi connectivity index (χ2n) is 10.7. The first kappa shape index (κ1) is 33.7. The molecule has 9 heteroatoms. The molecule has 1 aromatic heterocycles. The van der Waals surface area contributed by atoms with Gasteiger partial charge in [-0.25, -0.2) is 8.78 Å². The largest absolute Gasteiger partial charge is 0.369 e. The van der Waals surface area contributed by atoms with Crippen LogP contribution in [0.15, 0.2) is 47.3 Å². The Bertz CT molecular complexity index is 1390. The van der Waals surface area contributed by atoms with E-state index >= 15 is 0 Å². The van der Waals surface area contributed by atoms with Crippen molar-refractivity contribution in [1.82, 2.24) is 15.6 Å². The van der Waals surface area contributed by atoms with Crippen molar-refractivity contribution in [3.63, 3.8) is 0 Å². The molecule has 1 heterocycles. The Morgan fingerprint density at radius 3 is 2.31 bits per heavy atom. The van der Waals surface area contributed by atoms with E-state index in [1.165, 1.54) is 0 Å². The summed E-state index contributed by atoms with van der Waals surface area (Å²) in [7, 11) is 0. The highest BCUT2D eigenvalue weighted by atomic mass is 127. The summed E-state index contributed by atoms with van der Waals surface area (Å²) in [6, 6.07) is 14.1. The van der Waals surface area contributed by atoms with E-state index in [1.54, 1.807) is 0 Å². The van der Waals surface area contributed by atoms with Gasteiger partial charge in [-0.3, -0.25) is 9.59 Å². The molecule has 3 rings (SSSR count). The number of benzene rings is 2. The fourth-order valence-electron chi connectivity index (χ4n) is 5.45. The summed E-state index contributed by atoms with van der Waals surface area (Å²) in [4.78, 5) is 31.5. The Labute approximate surface area is 261 Å². The van der Waals surface area contributed by atoms with Gasteiger partial charge in [0.1, 0.15) is 0 Å². The zero-order chi connectivity index (χ0) is 30.8. The number of aryl methyl sites for hydroxylation is 2. The van der Waals surface area contributed by atoms with Gasteiger partial charge in [0.2, 0.25) is 0 Å². The van der Waals surface area contributed by atoms with Crippen molar-refractivity contribution >= 4 is 34.2 Å². The molecule has 0 spiro atoms. The van der Waals surface area contributed by atoms with Gasteiger partial charge in [0, 0.05) is 52.6 Å². The van der Waals surface area contributed by atoms with Crippen LogP contribution in [0, 0.1) is 20.8 Å². The van der Waals surface area contributed by atoms with Crippen LogP contribution < -0.4 is 21.1 Å². The van der Waals surface area contributed by atoms with Crippen LogP contribution in [0.3, 0.4) is 0 Å². The van der Waals surface area contributed by atoms with Crippen LogP contribution in [0.1, 0.15) is 71.4 Å². The van der Waals surface area contributed by atoms with E-state index < -0.39 is 6.43 Å². The van der Waals surface area contributed by atoms with Gasteiger partial charge >= 0.3 is 0 Å². The molecule has 228 valence electrons. The number of H-pyrrole nitrogens is 1. The molecule has 2 aromatic carbocycles. The summed E-state index contributed by atoms with van der Waals surface area (Å²) < 4.78 is 26.1. The second kappa shape index (κ2) is 16.2. The summed E-state index contributed by atoms with van der Waals surface area (Å²) in [5.74, 6) is -0.236. The molecule has 3 aromatic rings. The highest BCUT2D eigenvalue weighted by Gasteiger charge is 2.23. The lowest BCUT2D eigenvalue weighted by atomic mass is 9.94. The first-order chi connectivity index (χ1) is 20.1. The standard InChI is InChI=1S/C33H43F2IN4O2/c1-6-8-27(13-14-36)40(7-2)30-17-26(25-11-9-24(10-12-25)18-37-20-31(34)35)16-28(23(30)5)32(41)38-19-29-21(3)15-22(4)39-33(29)42/h9-12,15-17,27,31,37H,6-8,13-14,18-20H2,1-5H3,(H,38,41)(H,39,42). The number of carbonyl (C=O) groups is 1. The SMILES string of the molecule is CCCC(CCI)N(CC)c1cc(-c2ccc(CNCC(F)F)cc2)cc(C(=O)NCc2c(C)cc(C)[nH]c2=O)c1C. The molecule has 3 N–H and O–H groups in total. The fourth-order valence-corrected chi connectivity index (χ4v) is 6.16. The van der Waals surface area contributed by atoms with Crippen LogP contribution in [-0.4, -0.2) is 40.9 Å². The van der Waals surface area contributed by atoms with Crippen molar-refractivity contribution in [1.29, 1.82) is 0 Å². The molecule has 0 radical (unpaired) electrons. The van der Waals surface area contributed by atoms with Crippen LogP contribution in [-0.2, 0) is 13.1 Å². The van der Waals surface area contributed by atoms with Gasteiger partial charge in [-0.05, 0) is 86.6 Å². The Morgan fingerprint density at radius 2 is 1.71 bits per heavy atom. The molecule has 0 saturated carbocycles. The quantitative estimate of drug-likeness (QED) is 0.118. The number of hydrogen-bond donors (Lipinski definition) is 3. The highest BCUT2D eigenvalue weighted by molar-refractivity contribution is 14.1. The van der Waals surface area contributed by atoms with Crippen molar-refractivity contribution < 1.29 is 13.6 Å². The van der Waals surface area contributed by atoms with Gasteiger partial charge in [0.15, 0.2) is 0 Å². The minimum atomic E-state index is -2.39. The van der Waals surface area contributed by atoms with Gasteiger partial charge in [0.25, 0.3) is 17.9 Å². The molecule has 1 amide bonds. The summed E-state index contributed by atoms with van der Waals surface area (Å²) in [5, 5.41) is 5.76. The zero-order valence-corrected chi connectivity index (χ0v) is 27.4. The Balaban J connectivity index is 2.02. The molecular formula is C33H43F2IN4O2. The molecule has 0 aliphatic carbocycles. The topological polar surface area (TPSA) is 77.2 Å². The molecule has 0 fully saturated rings. The smallest absolute Gasteiger partial charge is 0.253 e. The van der Waals surface area contributed by atoms with E-state index in [2.05, 4.69) is 63.0 Å². The molecule has 1 atom stereocenters. The monoisotopic (exact) mass is 692 g/mol. The fraction of sp³-hybridized carbons (Fsp3) is 0.455. The summed E-state index contributed by atoms with van der Waals surface area (Å²) in [5.41, 5.74) is 7.20. The van der Waals surface area contributed by atoms with E-state index in [0.717, 1.165) is 69.4 Å². The number of aromatic amines is 1. The number of rotatable bonds is 15. The summed E-state index contributed by atoms with van der Waals surface area (Å²) in [6.07, 6.45) is 0.773. The predicted octanol–water partition coefficient (Wildman–Crippen LogP) is 7.07. The first-order valence-corrected chi connectivity index (χ1v) is 16.1. The molecular weight excluding hydrogens is 649 g/mol. The number of nitrogens with one attached hydrogen (secondary N) is 3. The number of alkyl halides is 3. The zero-order valence-electron chi connectivity index (χ0n) is 25.3. The van der Waals surface area contributed by atoms with E-state index in [-0.39, 0.29) is 24.6 Å². The number of halogens is 3. The van der Waals surface area contributed by atoms with Crippen molar-refractivity contribution in [2.24, 2.45) is 0 Å². The van der Waals surface area contributed by atoms with Crippen molar-refractivity contribution in [3.05, 3.63) is 86.3 Å². The van der Waals surface area contributed by atoms with E-state index in [9.17, 15) is 18.4 Å². The van der Waals surface area contributed by atoms with Crippen LogP contribution in [0.4, 0.5) is 14.5 Å². The number of carbonyl (C=O) groups excluding carboxylic acids is 1. The lowest BCUT2D eigenvalue weighted by Gasteiger charge is -2.35. The third-order valence-corrected chi connectivity index (χ3v) is 8.24. The Morgan fingerprint density at radius 1 is 1.00 bits per heavy atom. The molecule has 0 bridgehead atoms. The van der Waals surface area contributed by atoms with Crippen molar-refractivity contribution in [3.8, 4) is 11.1 Å². The Kier molecular flexibility index (Phi) is 13.0. The van der Waals surface area contributed by atoms with Gasteiger partial charge in [-0.15, -0.1) is 0 Å². The Hall–Kier alpha value is -2.79. The van der Waals surface area contributed by atoms with Gasteiger partial charge in [-0.1, -0.05) is 60.2 Å². The van der Waals surface area contributed by atoms with Crippen LogP contribution in [0.25, 0.3) is 11.1 Å².